The molecule has 0 spiro atoms. The van der Waals surface area contributed by atoms with Crippen LogP contribution >= 0.6 is 0 Å². The first-order valence-corrected chi connectivity index (χ1v) is 8.38. The third kappa shape index (κ3) is 2.85. The summed E-state index contributed by atoms with van der Waals surface area (Å²) in [6.07, 6.45) is 0. The van der Waals surface area contributed by atoms with Crippen molar-refractivity contribution in [3.05, 3.63) is 90.0 Å². The maximum atomic E-state index is 4.50. The average Bonchev–Trinajstić information content (AvgIpc) is 3.10. The molecule has 0 aliphatic rings. The summed E-state index contributed by atoms with van der Waals surface area (Å²) in [5.74, 6) is 1.70. The lowest BCUT2D eigenvalue weighted by molar-refractivity contribution is 1.06. The van der Waals surface area contributed by atoms with Crippen LogP contribution in [0.5, 0.6) is 0 Å². The van der Waals surface area contributed by atoms with Gasteiger partial charge < -0.3 is 0 Å². The molecule has 0 radical (unpaired) electrons. The van der Waals surface area contributed by atoms with Crippen LogP contribution in [0.1, 0.15) is 11.1 Å². The van der Waals surface area contributed by atoms with E-state index in [4.69, 9.17) is 0 Å². The highest BCUT2D eigenvalue weighted by atomic mass is 15.3. The van der Waals surface area contributed by atoms with Crippen molar-refractivity contribution in [1.82, 2.24) is 14.8 Å². The molecular weight excluding hydrogens is 306 g/mol. The van der Waals surface area contributed by atoms with E-state index >= 15 is 0 Å². The highest BCUT2D eigenvalue weighted by Crippen LogP contribution is 2.29. The SMILES string of the molecule is Cc1ccc(-n2c(-c3ccccc3)nnc2-c2ccccc2)cc1C. The lowest BCUT2D eigenvalue weighted by Gasteiger charge is -2.12. The zero-order valence-corrected chi connectivity index (χ0v) is 14.3. The Kier molecular flexibility index (Phi) is 3.90. The summed E-state index contributed by atoms with van der Waals surface area (Å²) in [5.41, 5.74) is 5.71. The van der Waals surface area contributed by atoms with E-state index in [-0.39, 0.29) is 0 Å². The first-order chi connectivity index (χ1) is 12.2. The lowest BCUT2D eigenvalue weighted by atomic mass is 10.1. The molecule has 0 N–H and O–H groups in total. The van der Waals surface area contributed by atoms with Crippen molar-refractivity contribution in [3.8, 4) is 28.5 Å². The fourth-order valence-electron chi connectivity index (χ4n) is 2.94. The largest absolute Gasteiger partial charge is 0.275 e. The van der Waals surface area contributed by atoms with Gasteiger partial charge in [-0.15, -0.1) is 10.2 Å². The Balaban J connectivity index is 1.98. The van der Waals surface area contributed by atoms with Gasteiger partial charge in [-0.05, 0) is 37.1 Å². The first kappa shape index (κ1) is 15.3. The average molecular weight is 325 g/mol. The van der Waals surface area contributed by atoms with Crippen molar-refractivity contribution >= 4 is 0 Å². The van der Waals surface area contributed by atoms with Gasteiger partial charge in [-0.3, -0.25) is 4.57 Å². The lowest BCUT2D eigenvalue weighted by Crippen LogP contribution is -2.01. The fraction of sp³-hybridized carbons (Fsp3) is 0.0909. The molecule has 0 atom stereocenters. The molecule has 0 aliphatic heterocycles. The highest BCUT2D eigenvalue weighted by Gasteiger charge is 2.17. The van der Waals surface area contributed by atoms with Crippen LogP contribution in [0, 0.1) is 13.8 Å². The van der Waals surface area contributed by atoms with Crippen LogP contribution in [0.2, 0.25) is 0 Å². The molecule has 3 heteroatoms. The van der Waals surface area contributed by atoms with Gasteiger partial charge in [0.15, 0.2) is 11.6 Å². The summed E-state index contributed by atoms with van der Waals surface area (Å²) in [5, 5.41) is 9.01. The third-order valence-corrected chi connectivity index (χ3v) is 4.48. The predicted molar refractivity (Wildman–Crippen MR) is 102 cm³/mol. The van der Waals surface area contributed by atoms with Gasteiger partial charge in [0.05, 0.1) is 0 Å². The van der Waals surface area contributed by atoms with E-state index in [9.17, 15) is 0 Å². The van der Waals surface area contributed by atoms with Gasteiger partial charge in [0.2, 0.25) is 0 Å². The molecule has 0 unspecified atom stereocenters. The zero-order chi connectivity index (χ0) is 17.2. The summed E-state index contributed by atoms with van der Waals surface area (Å²) >= 11 is 0. The zero-order valence-electron chi connectivity index (χ0n) is 14.3. The van der Waals surface area contributed by atoms with Crippen LogP contribution in [0.15, 0.2) is 78.9 Å². The number of nitrogens with zero attached hydrogens (tertiary/aromatic N) is 3. The number of hydrogen-bond donors (Lipinski definition) is 0. The predicted octanol–water partition coefficient (Wildman–Crippen LogP) is 5.22. The van der Waals surface area contributed by atoms with Gasteiger partial charge in [-0.2, -0.15) is 0 Å². The molecule has 25 heavy (non-hydrogen) atoms. The molecule has 0 amide bonds. The molecule has 0 bridgehead atoms. The van der Waals surface area contributed by atoms with E-state index in [1.165, 1.54) is 11.1 Å². The molecule has 4 rings (SSSR count). The molecule has 0 fully saturated rings. The van der Waals surface area contributed by atoms with Gasteiger partial charge in [-0.1, -0.05) is 66.7 Å². The van der Waals surface area contributed by atoms with Crippen LogP contribution in [-0.2, 0) is 0 Å². The maximum Gasteiger partial charge on any atom is 0.168 e. The molecule has 3 nitrogen and oxygen atoms in total. The van der Waals surface area contributed by atoms with Crippen molar-refractivity contribution in [1.29, 1.82) is 0 Å². The molecule has 122 valence electrons. The van der Waals surface area contributed by atoms with Crippen LogP contribution in [0.3, 0.4) is 0 Å². The standard InChI is InChI=1S/C22H19N3/c1-16-13-14-20(15-17(16)2)25-21(18-9-5-3-6-10-18)23-24-22(25)19-11-7-4-8-12-19/h3-15H,1-2H3. The molecular formula is C22H19N3. The van der Waals surface area contributed by atoms with Gasteiger partial charge in [-0.25, -0.2) is 0 Å². The fourth-order valence-corrected chi connectivity index (χ4v) is 2.94. The molecule has 1 heterocycles. The smallest absolute Gasteiger partial charge is 0.168 e. The van der Waals surface area contributed by atoms with Crippen LogP contribution < -0.4 is 0 Å². The minimum Gasteiger partial charge on any atom is -0.275 e. The summed E-state index contributed by atoms with van der Waals surface area (Å²) in [6.45, 7) is 4.26. The van der Waals surface area contributed by atoms with Crippen molar-refractivity contribution in [2.75, 3.05) is 0 Å². The van der Waals surface area contributed by atoms with E-state index in [0.29, 0.717) is 0 Å². The molecule has 0 saturated heterocycles. The quantitative estimate of drug-likeness (QED) is 0.517. The molecule has 4 aromatic rings. The highest BCUT2D eigenvalue weighted by molar-refractivity contribution is 5.66. The second kappa shape index (κ2) is 6.36. The van der Waals surface area contributed by atoms with Gasteiger partial charge >= 0.3 is 0 Å². The Morgan fingerprint density at radius 2 is 1.12 bits per heavy atom. The monoisotopic (exact) mass is 325 g/mol. The van der Waals surface area contributed by atoms with Crippen molar-refractivity contribution in [3.63, 3.8) is 0 Å². The third-order valence-electron chi connectivity index (χ3n) is 4.48. The Labute approximate surface area is 147 Å². The Morgan fingerprint density at radius 1 is 0.600 bits per heavy atom. The second-order valence-electron chi connectivity index (χ2n) is 6.18. The van der Waals surface area contributed by atoms with E-state index in [0.717, 1.165) is 28.5 Å². The topological polar surface area (TPSA) is 30.7 Å². The van der Waals surface area contributed by atoms with Gasteiger partial charge in [0, 0.05) is 16.8 Å². The normalized spacial score (nSPS) is 10.8. The second-order valence-corrected chi connectivity index (χ2v) is 6.18. The van der Waals surface area contributed by atoms with Gasteiger partial charge in [0.1, 0.15) is 0 Å². The summed E-state index contributed by atoms with van der Waals surface area (Å²) in [6, 6.07) is 26.9. The van der Waals surface area contributed by atoms with Crippen LogP contribution in [0.4, 0.5) is 0 Å². The number of hydrogen-bond acceptors (Lipinski definition) is 2. The Bertz CT molecular complexity index is 945. The Morgan fingerprint density at radius 3 is 1.60 bits per heavy atom. The van der Waals surface area contributed by atoms with E-state index in [1.54, 1.807) is 0 Å². The van der Waals surface area contributed by atoms with E-state index in [1.807, 2.05) is 36.4 Å². The summed E-state index contributed by atoms with van der Waals surface area (Å²) in [4.78, 5) is 0. The number of aromatic nitrogens is 3. The van der Waals surface area contributed by atoms with Crippen molar-refractivity contribution in [2.24, 2.45) is 0 Å². The molecule has 0 saturated carbocycles. The molecule has 0 aliphatic carbocycles. The minimum atomic E-state index is 0.850. The summed E-state index contributed by atoms with van der Waals surface area (Å²) < 4.78 is 2.14. The van der Waals surface area contributed by atoms with Crippen molar-refractivity contribution < 1.29 is 0 Å². The maximum absolute atomic E-state index is 4.50. The van der Waals surface area contributed by atoms with Crippen molar-refractivity contribution in [2.45, 2.75) is 13.8 Å². The molecule has 1 aromatic heterocycles. The number of rotatable bonds is 3. The Hall–Kier alpha value is -3.20. The van der Waals surface area contributed by atoms with E-state index < -0.39 is 0 Å². The minimum absolute atomic E-state index is 0.850. The van der Waals surface area contributed by atoms with E-state index in [2.05, 4.69) is 71.1 Å². The van der Waals surface area contributed by atoms with Crippen LogP contribution in [0.25, 0.3) is 28.5 Å². The van der Waals surface area contributed by atoms with Gasteiger partial charge in [0.25, 0.3) is 0 Å². The van der Waals surface area contributed by atoms with Crippen LogP contribution in [-0.4, -0.2) is 14.8 Å². The number of aryl methyl sites for hydroxylation is 2. The number of benzene rings is 3. The summed E-state index contributed by atoms with van der Waals surface area (Å²) in [7, 11) is 0. The first-order valence-electron chi connectivity index (χ1n) is 8.38. The molecule has 3 aromatic carbocycles.